The zero-order valence-electron chi connectivity index (χ0n) is 15.9. The van der Waals surface area contributed by atoms with Gasteiger partial charge in [0.05, 0.1) is 6.20 Å². The van der Waals surface area contributed by atoms with Crippen molar-refractivity contribution < 1.29 is 14.4 Å². The second kappa shape index (κ2) is 6.78. The van der Waals surface area contributed by atoms with Crippen molar-refractivity contribution in [2.75, 3.05) is 11.9 Å². The van der Waals surface area contributed by atoms with Gasteiger partial charge in [-0.05, 0) is 44.2 Å². The highest BCUT2D eigenvalue weighted by molar-refractivity contribution is 6.10. The van der Waals surface area contributed by atoms with Crippen molar-refractivity contribution in [3.8, 4) is 0 Å². The van der Waals surface area contributed by atoms with Gasteiger partial charge in [0.15, 0.2) is 0 Å². The number of nitrogens with zero attached hydrogens (tertiary/aromatic N) is 3. The highest BCUT2D eigenvalue weighted by Gasteiger charge is 2.54. The smallest absolute Gasteiger partial charge is 0.319 e. The van der Waals surface area contributed by atoms with E-state index in [1.54, 1.807) is 16.9 Å². The Morgan fingerprint density at radius 2 is 2.07 bits per heavy atom. The van der Waals surface area contributed by atoms with Gasteiger partial charge < -0.3 is 10.6 Å². The van der Waals surface area contributed by atoms with E-state index in [0.717, 1.165) is 28.9 Å². The Morgan fingerprint density at radius 1 is 1.29 bits per heavy atom. The number of carbonyl (C=O) groups excluding carboxylic acids is 3. The number of fused-ring (bicyclic) bond motifs is 2. The molecule has 28 heavy (non-hydrogen) atoms. The third-order valence-electron chi connectivity index (χ3n) is 5.38. The minimum absolute atomic E-state index is 0.0732. The molecule has 1 aromatic heterocycles. The molecular formula is C20H23N5O3. The highest BCUT2D eigenvalue weighted by atomic mass is 16.2. The van der Waals surface area contributed by atoms with Crippen LogP contribution in [0.2, 0.25) is 0 Å². The predicted molar refractivity (Wildman–Crippen MR) is 103 cm³/mol. The number of rotatable bonds is 4. The molecule has 1 saturated heterocycles. The van der Waals surface area contributed by atoms with Gasteiger partial charge in [0.2, 0.25) is 5.91 Å². The van der Waals surface area contributed by atoms with Crippen molar-refractivity contribution in [2.45, 2.75) is 44.7 Å². The summed E-state index contributed by atoms with van der Waals surface area (Å²) in [6.45, 7) is 3.56. The Hall–Kier alpha value is -3.16. The molecule has 0 saturated carbocycles. The molecule has 1 fully saturated rings. The Labute approximate surface area is 162 Å². The quantitative estimate of drug-likeness (QED) is 0.794. The minimum Gasteiger partial charge on any atom is -0.319 e. The van der Waals surface area contributed by atoms with E-state index in [4.69, 9.17) is 0 Å². The van der Waals surface area contributed by atoms with Gasteiger partial charge in [0.25, 0.3) is 5.91 Å². The summed E-state index contributed by atoms with van der Waals surface area (Å²) in [4.78, 5) is 39.3. The molecule has 1 atom stereocenters. The molecule has 2 heterocycles. The number of hydrogen-bond donors (Lipinski definition) is 2. The molecule has 2 aliphatic rings. The average Bonchev–Trinajstić information content (AvgIpc) is 3.21. The molecule has 8 heteroatoms. The molecule has 146 valence electrons. The summed E-state index contributed by atoms with van der Waals surface area (Å²) in [7, 11) is 0. The molecule has 2 aromatic rings. The van der Waals surface area contributed by atoms with E-state index < -0.39 is 17.5 Å². The zero-order valence-corrected chi connectivity index (χ0v) is 15.9. The van der Waals surface area contributed by atoms with Gasteiger partial charge in [0, 0.05) is 12.1 Å². The third kappa shape index (κ3) is 2.85. The van der Waals surface area contributed by atoms with Gasteiger partial charge in [-0.3, -0.25) is 14.5 Å². The zero-order chi connectivity index (χ0) is 19.9. The van der Waals surface area contributed by atoms with E-state index in [1.807, 2.05) is 38.1 Å². The number of urea groups is 1. The van der Waals surface area contributed by atoms with Crippen LogP contribution in [-0.2, 0) is 21.5 Å². The fourth-order valence-electron chi connectivity index (χ4n) is 4.11. The molecule has 0 radical (unpaired) electrons. The van der Waals surface area contributed by atoms with Gasteiger partial charge in [0.1, 0.15) is 17.9 Å². The third-order valence-corrected chi connectivity index (χ3v) is 5.38. The number of carbonyl (C=O) groups is 3. The van der Waals surface area contributed by atoms with Gasteiger partial charge in [-0.1, -0.05) is 24.3 Å². The van der Waals surface area contributed by atoms with Crippen molar-refractivity contribution in [1.29, 1.82) is 0 Å². The number of nitrogens with one attached hydrogen (secondary N) is 2. The topological polar surface area (TPSA) is 96.3 Å². The molecular weight excluding hydrogens is 358 g/mol. The SMILES string of the molecule is CC(C)n1nccc1NC(=O)CN1C(=O)N[C@@]2(CCCc3ccccc32)C1=O. The second-order valence-corrected chi connectivity index (χ2v) is 7.54. The van der Waals surface area contributed by atoms with Gasteiger partial charge in [-0.2, -0.15) is 5.10 Å². The molecule has 1 aliphatic heterocycles. The monoisotopic (exact) mass is 381 g/mol. The number of benzene rings is 1. The van der Waals surface area contributed by atoms with E-state index in [-0.39, 0.29) is 18.5 Å². The van der Waals surface area contributed by atoms with Crippen molar-refractivity contribution in [1.82, 2.24) is 20.0 Å². The lowest BCUT2D eigenvalue weighted by atomic mass is 9.76. The van der Waals surface area contributed by atoms with Gasteiger partial charge in [-0.15, -0.1) is 0 Å². The van der Waals surface area contributed by atoms with E-state index in [2.05, 4.69) is 15.7 Å². The summed E-state index contributed by atoms with van der Waals surface area (Å²) in [6, 6.07) is 8.90. The molecule has 4 rings (SSSR count). The molecule has 8 nitrogen and oxygen atoms in total. The fraction of sp³-hybridized carbons (Fsp3) is 0.400. The van der Waals surface area contributed by atoms with E-state index in [1.165, 1.54) is 0 Å². The summed E-state index contributed by atoms with van der Waals surface area (Å²) in [5.74, 6) is -0.269. The first-order chi connectivity index (χ1) is 13.4. The van der Waals surface area contributed by atoms with Crippen molar-refractivity contribution in [2.24, 2.45) is 0 Å². The Bertz CT molecular complexity index is 951. The maximum atomic E-state index is 13.2. The number of hydrogen-bond acceptors (Lipinski definition) is 4. The summed E-state index contributed by atoms with van der Waals surface area (Å²) < 4.78 is 1.67. The van der Waals surface area contributed by atoms with Crippen LogP contribution in [0.5, 0.6) is 0 Å². The number of aromatic nitrogens is 2. The maximum Gasteiger partial charge on any atom is 0.325 e. The van der Waals surface area contributed by atoms with Crippen molar-refractivity contribution in [3.63, 3.8) is 0 Å². The van der Waals surface area contributed by atoms with Crippen LogP contribution in [0, 0.1) is 0 Å². The first kappa shape index (κ1) is 18.2. The Morgan fingerprint density at radius 3 is 2.86 bits per heavy atom. The number of amides is 4. The molecule has 0 unspecified atom stereocenters. The molecule has 2 N–H and O–H groups in total. The summed E-state index contributed by atoms with van der Waals surface area (Å²) in [5, 5.41) is 9.76. The Kier molecular flexibility index (Phi) is 4.41. The van der Waals surface area contributed by atoms with Crippen LogP contribution in [-0.4, -0.2) is 39.1 Å². The van der Waals surface area contributed by atoms with Crippen LogP contribution in [0.15, 0.2) is 36.5 Å². The lowest BCUT2D eigenvalue weighted by Gasteiger charge is -2.33. The fourth-order valence-corrected chi connectivity index (χ4v) is 4.11. The van der Waals surface area contributed by atoms with Crippen molar-refractivity contribution in [3.05, 3.63) is 47.7 Å². The largest absolute Gasteiger partial charge is 0.325 e. The first-order valence-electron chi connectivity index (χ1n) is 9.48. The minimum atomic E-state index is -1.06. The van der Waals surface area contributed by atoms with Gasteiger partial charge in [-0.25, -0.2) is 9.48 Å². The van der Waals surface area contributed by atoms with Gasteiger partial charge >= 0.3 is 6.03 Å². The number of imide groups is 1. The van der Waals surface area contributed by atoms with Crippen LogP contribution < -0.4 is 10.6 Å². The maximum absolute atomic E-state index is 13.2. The summed E-state index contributed by atoms with van der Waals surface area (Å²) in [5.41, 5.74) is 0.835. The highest BCUT2D eigenvalue weighted by Crippen LogP contribution is 2.39. The first-order valence-corrected chi connectivity index (χ1v) is 9.48. The number of anilines is 1. The number of aryl methyl sites for hydroxylation is 1. The summed E-state index contributed by atoms with van der Waals surface area (Å²) in [6.07, 6.45) is 3.81. The molecule has 0 bridgehead atoms. The van der Waals surface area contributed by atoms with Crippen LogP contribution >= 0.6 is 0 Å². The second-order valence-electron chi connectivity index (χ2n) is 7.54. The summed E-state index contributed by atoms with van der Waals surface area (Å²) >= 11 is 0. The molecule has 4 amide bonds. The van der Waals surface area contributed by atoms with E-state index in [0.29, 0.717) is 12.2 Å². The predicted octanol–water partition coefficient (Wildman–Crippen LogP) is 2.19. The van der Waals surface area contributed by atoms with Crippen LogP contribution in [0.25, 0.3) is 0 Å². The van der Waals surface area contributed by atoms with E-state index in [9.17, 15) is 14.4 Å². The molecule has 1 aliphatic carbocycles. The average molecular weight is 381 g/mol. The Balaban J connectivity index is 1.54. The lowest BCUT2D eigenvalue weighted by molar-refractivity contribution is -0.134. The van der Waals surface area contributed by atoms with Crippen LogP contribution in [0.4, 0.5) is 10.6 Å². The molecule has 1 spiro atoms. The lowest BCUT2D eigenvalue weighted by Crippen LogP contribution is -2.47. The normalized spacial score (nSPS) is 21.2. The van der Waals surface area contributed by atoms with Crippen molar-refractivity contribution >= 4 is 23.7 Å². The van der Waals surface area contributed by atoms with Crippen LogP contribution in [0.1, 0.15) is 43.9 Å². The van der Waals surface area contributed by atoms with E-state index >= 15 is 0 Å². The molecule has 1 aromatic carbocycles. The standard InChI is InChI=1S/C20H23N5O3/c1-13(2)25-16(9-11-21-25)22-17(26)12-24-18(27)20(23-19(24)28)10-5-7-14-6-3-4-8-15(14)20/h3-4,6,8-9,11,13H,5,7,10,12H2,1-2H3,(H,22,26)(H,23,28)/t20-/m1/s1. The van der Waals surface area contributed by atoms with Crippen LogP contribution in [0.3, 0.4) is 0 Å².